The Hall–Kier alpha value is -1.06. The van der Waals surface area contributed by atoms with Crippen LogP contribution in [-0.4, -0.2) is 12.2 Å². The predicted octanol–water partition coefficient (Wildman–Crippen LogP) is 2.09. The van der Waals surface area contributed by atoms with Gasteiger partial charge in [0.25, 0.3) is 0 Å². The highest BCUT2D eigenvalue weighted by atomic mass is 17.2. The average molecular weight is 182 g/mol. The molecule has 0 aromatic heterocycles. The first-order chi connectivity index (χ1) is 6.15. The maximum Gasteiger partial charge on any atom is 0.121 e. The molecule has 0 spiro atoms. The summed E-state index contributed by atoms with van der Waals surface area (Å²) in [7, 11) is 1.47. The molecule has 3 heteroatoms. The van der Waals surface area contributed by atoms with Gasteiger partial charge in [-0.1, -0.05) is 0 Å². The molecular formula is C10H14O3. The number of aryl methyl sites for hydroxylation is 2. The molecule has 1 rings (SSSR count). The molecule has 13 heavy (non-hydrogen) atoms. The molecule has 0 radical (unpaired) electrons. The number of phenols is 1. The van der Waals surface area contributed by atoms with Crippen LogP contribution in [0.15, 0.2) is 12.1 Å². The minimum Gasteiger partial charge on any atom is -0.507 e. The average Bonchev–Trinajstić information content (AvgIpc) is 2.10. The van der Waals surface area contributed by atoms with Crippen LogP contribution in [0.25, 0.3) is 0 Å². The van der Waals surface area contributed by atoms with Crippen molar-refractivity contribution >= 4 is 0 Å². The van der Waals surface area contributed by atoms with E-state index >= 15 is 0 Å². The summed E-state index contributed by atoms with van der Waals surface area (Å²) in [6, 6.07) is 3.75. The van der Waals surface area contributed by atoms with Gasteiger partial charge in [-0.25, -0.2) is 9.78 Å². The van der Waals surface area contributed by atoms with Crippen molar-refractivity contribution in [1.82, 2.24) is 0 Å². The van der Waals surface area contributed by atoms with Crippen LogP contribution in [0.4, 0.5) is 0 Å². The van der Waals surface area contributed by atoms with Gasteiger partial charge in [0.15, 0.2) is 0 Å². The second-order valence-electron chi connectivity index (χ2n) is 3.01. The Bertz CT molecular complexity index is 271. The largest absolute Gasteiger partial charge is 0.507 e. The molecule has 1 aromatic carbocycles. The second kappa shape index (κ2) is 4.25. The lowest BCUT2D eigenvalue weighted by atomic mass is 10.1. The first-order valence-corrected chi connectivity index (χ1v) is 4.10. The minimum atomic E-state index is 0.348. The SMILES string of the molecule is COOCc1cc(C)c(O)c(C)c1. The molecule has 0 aliphatic carbocycles. The van der Waals surface area contributed by atoms with Gasteiger partial charge in [0, 0.05) is 0 Å². The molecule has 1 aromatic rings. The van der Waals surface area contributed by atoms with Gasteiger partial charge in [-0.05, 0) is 42.7 Å². The summed E-state index contributed by atoms with van der Waals surface area (Å²) in [5, 5.41) is 9.48. The zero-order valence-corrected chi connectivity index (χ0v) is 8.13. The summed E-state index contributed by atoms with van der Waals surface area (Å²) in [6.07, 6.45) is 0. The van der Waals surface area contributed by atoms with E-state index in [1.54, 1.807) is 0 Å². The first kappa shape index (κ1) is 10.0. The van der Waals surface area contributed by atoms with Crippen molar-refractivity contribution in [2.75, 3.05) is 7.11 Å². The predicted molar refractivity (Wildman–Crippen MR) is 49.4 cm³/mol. The molecule has 0 atom stereocenters. The molecule has 0 unspecified atom stereocenters. The fraction of sp³-hybridized carbons (Fsp3) is 0.400. The van der Waals surface area contributed by atoms with Crippen molar-refractivity contribution in [3.05, 3.63) is 28.8 Å². The Morgan fingerprint density at radius 3 is 2.23 bits per heavy atom. The maximum atomic E-state index is 9.48. The maximum absolute atomic E-state index is 9.48. The van der Waals surface area contributed by atoms with Crippen LogP contribution in [0.2, 0.25) is 0 Å². The smallest absolute Gasteiger partial charge is 0.121 e. The molecule has 0 bridgehead atoms. The molecule has 0 aliphatic heterocycles. The van der Waals surface area contributed by atoms with Gasteiger partial charge in [0.05, 0.1) is 7.11 Å². The van der Waals surface area contributed by atoms with Gasteiger partial charge in [-0.15, -0.1) is 0 Å². The topological polar surface area (TPSA) is 38.7 Å². The van der Waals surface area contributed by atoms with Crippen molar-refractivity contribution in [2.24, 2.45) is 0 Å². The van der Waals surface area contributed by atoms with E-state index in [1.807, 2.05) is 26.0 Å². The van der Waals surface area contributed by atoms with Crippen LogP contribution in [0.5, 0.6) is 5.75 Å². The lowest BCUT2D eigenvalue weighted by molar-refractivity contribution is -0.282. The number of phenolic OH excluding ortho intramolecular Hbond substituents is 1. The summed E-state index contributed by atoms with van der Waals surface area (Å²) >= 11 is 0. The van der Waals surface area contributed by atoms with Crippen LogP contribution in [0.1, 0.15) is 16.7 Å². The van der Waals surface area contributed by atoms with Gasteiger partial charge < -0.3 is 5.11 Å². The lowest BCUT2D eigenvalue weighted by Crippen LogP contribution is -1.93. The zero-order chi connectivity index (χ0) is 9.84. The third kappa shape index (κ3) is 2.44. The summed E-state index contributed by atoms with van der Waals surface area (Å²) < 4.78 is 0. The number of hydrogen-bond acceptors (Lipinski definition) is 3. The molecule has 0 fully saturated rings. The molecule has 72 valence electrons. The summed E-state index contributed by atoms with van der Waals surface area (Å²) in [4.78, 5) is 9.28. The van der Waals surface area contributed by atoms with Crippen molar-refractivity contribution in [3.8, 4) is 5.75 Å². The number of hydrogen-bond donors (Lipinski definition) is 1. The van der Waals surface area contributed by atoms with E-state index in [9.17, 15) is 5.11 Å². The zero-order valence-electron chi connectivity index (χ0n) is 8.13. The molecule has 3 nitrogen and oxygen atoms in total. The Morgan fingerprint density at radius 2 is 1.77 bits per heavy atom. The molecule has 0 aliphatic rings. The van der Waals surface area contributed by atoms with E-state index in [1.165, 1.54) is 7.11 Å². The molecule has 0 saturated carbocycles. The van der Waals surface area contributed by atoms with E-state index in [0.717, 1.165) is 16.7 Å². The molecule has 0 heterocycles. The Balaban J connectivity index is 2.86. The van der Waals surface area contributed by atoms with Gasteiger partial charge in [-0.2, -0.15) is 0 Å². The van der Waals surface area contributed by atoms with Gasteiger partial charge in [0.2, 0.25) is 0 Å². The normalized spacial score (nSPS) is 10.4. The van der Waals surface area contributed by atoms with Crippen LogP contribution in [0.3, 0.4) is 0 Å². The van der Waals surface area contributed by atoms with Gasteiger partial charge >= 0.3 is 0 Å². The van der Waals surface area contributed by atoms with Crippen molar-refractivity contribution < 1.29 is 14.9 Å². The highest BCUT2D eigenvalue weighted by molar-refractivity contribution is 5.41. The molecule has 1 N–H and O–H groups in total. The summed E-state index contributed by atoms with van der Waals surface area (Å²) in [5.74, 6) is 0.348. The van der Waals surface area contributed by atoms with E-state index in [2.05, 4.69) is 4.89 Å². The van der Waals surface area contributed by atoms with E-state index in [0.29, 0.717) is 12.4 Å². The fourth-order valence-electron chi connectivity index (χ4n) is 1.26. The highest BCUT2D eigenvalue weighted by Crippen LogP contribution is 2.23. The Kier molecular flexibility index (Phi) is 3.28. The lowest BCUT2D eigenvalue weighted by Gasteiger charge is -2.06. The Morgan fingerprint density at radius 1 is 1.23 bits per heavy atom. The van der Waals surface area contributed by atoms with Gasteiger partial charge in [-0.3, -0.25) is 0 Å². The van der Waals surface area contributed by atoms with Crippen LogP contribution >= 0.6 is 0 Å². The molecular weight excluding hydrogens is 168 g/mol. The summed E-state index contributed by atoms with van der Waals surface area (Å²) in [6.45, 7) is 4.12. The third-order valence-corrected chi connectivity index (χ3v) is 1.89. The monoisotopic (exact) mass is 182 g/mol. The quantitative estimate of drug-likeness (QED) is 0.574. The number of aromatic hydroxyl groups is 1. The molecule has 0 amide bonds. The van der Waals surface area contributed by atoms with Crippen molar-refractivity contribution in [1.29, 1.82) is 0 Å². The number of benzene rings is 1. The van der Waals surface area contributed by atoms with Crippen LogP contribution in [-0.2, 0) is 16.4 Å². The Labute approximate surface area is 77.8 Å². The molecule has 0 saturated heterocycles. The van der Waals surface area contributed by atoms with E-state index < -0.39 is 0 Å². The van der Waals surface area contributed by atoms with Crippen LogP contribution in [0, 0.1) is 13.8 Å². The second-order valence-corrected chi connectivity index (χ2v) is 3.01. The third-order valence-electron chi connectivity index (χ3n) is 1.89. The van der Waals surface area contributed by atoms with E-state index in [-0.39, 0.29) is 0 Å². The van der Waals surface area contributed by atoms with Crippen LogP contribution < -0.4 is 0 Å². The minimum absolute atomic E-state index is 0.348. The number of rotatable bonds is 3. The standard InChI is InChI=1S/C10H14O3/c1-7-4-9(6-13-12-3)5-8(2)10(7)11/h4-5,11H,6H2,1-3H3. The summed E-state index contributed by atoms with van der Waals surface area (Å²) in [5.41, 5.74) is 2.71. The van der Waals surface area contributed by atoms with Crippen molar-refractivity contribution in [2.45, 2.75) is 20.5 Å². The fourth-order valence-corrected chi connectivity index (χ4v) is 1.26. The first-order valence-electron chi connectivity index (χ1n) is 4.10. The van der Waals surface area contributed by atoms with Gasteiger partial charge in [0.1, 0.15) is 12.4 Å². The highest BCUT2D eigenvalue weighted by Gasteiger charge is 2.03. The van der Waals surface area contributed by atoms with E-state index in [4.69, 9.17) is 4.89 Å². The van der Waals surface area contributed by atoms with Crippen molar-refractivity contribution in [3.63, 3.8) is 0 Å².